The van der Waals surface area contributed by atoms with Gasteiger partial charge in [-0.2, -0.15) is 5.10 Å². The molecule has 9 heteroatoms. The average molecular weight is 410 g/mol. The van der Waals surface area contributed by atoms with E-state index in [0.717, 1.165) is 4.68 Å². The van der Waals surface area contributed by atoms with Crippen molar-refractivity contribution in [1.29, 1.82) is 0 Å². The fraction of sp³-hybridized carbons (Fsp3) is 0.238. The molecule has 0 atom stereocenters. The van der Waals surface area contributed by atoms with Gasteiger partial charge in [-0.25, -0.2) is 9.07 Å². The predicted molar refractivity (Wildman–Crippen MR) is 105 cm³/mol. The van der Waals surface area contributed by atoms with Crippen LogP contribution in [-0.4, -0.2) is 57.6 Å². The summed E-state index contributed by atoms with van der Waals surface area (Å²) >= 11 is 0. The summed E-state index contributed by atoms with van der Waals surface area (Å²) in [4.78, 5) is 40.5. The van der Waals surface area contributed by atoms with Crippen molar-refractivity contribution in [2.75, 3.05) is 26.2 Å². The van der Waals surface area contributed by atoms with E-state index in [-0.39, 0.29) is 35.4 Å². The van der Waals surface area contributed by atoms with Crippen molar-refractivity contribution in [3.8, 4) is 0 Å². The minimum atomic E-state index is -0.408. The number of hydrogen-bond donors (Lipinski definition) is 0. The number of piperazine rings is 1. The summed E-state index contributed by atoms with van der Waals surface area (Å²) in [6.45, 7) is 1.48. The number of carbonyl (C=O) groups is 2. The van der Waals surface area contributed by atoms with Gasteiger partial charge in [-0.3, -0.25) is 14.4 Å². The molecule has 1 saturated heterocycles. The second-order valence-electron chi connectivity index (χ2n) is 6.91. The molecule has 30 heavy (non-hydrogen) atoms. The van der Waals surface area contributed by atoms with E-state index in [1.807, 2.05) is 0 Å². The highest BCUT2D eigenvalue weighted by atomic mass is 19.1. The molecule has 2 aromatic heterocycles. The van der Waals surface area contributed by atoms with Gasteiger partial charge in [0, 0.05) is 32.2 Å². The van der Waals surface area contributed by atoms with E-state index in [0.29, 0.717) is 31.7 Å². The first-order chi connectivity index (χ1) is 14.5. The first-order valence-corrected chi connectivity index (χ1v) is 9.46. The maximum absolute atomic E-state index is 13.4. The van der Waals surface area contributed by atoms with Gasteiger partial charge in [0.1, 0.15) is 11.5 Å². The smallest absolute Gasteiger partial charge is 0.289 e. The average Bonchev–Trinajstić information content (AvgIpc) is 3.29. The fourth-order valence-corrected chi connectivity index (χ4v) is 3.32. The summed E-state index contributed by atoms with van der Waals surface area (Å²) in [6.07, 6.45) is 1.44. The highest BCUT2D eigenvalue weighted by Gasteiger charge is 2.27. The standard InChI is InChI=1S/C21H19FN4O4/c22-16-4-1-3-15(13-16)14-26-19(27)7-6-17(23-26)20(28)24-8-10-25(11-9-24)21(29)18-5-2-12-30-18/h1-7,12-13H,8-11,14H2. The van der Waals surface area contributed by atoms with E-state index in [2.05, 4.69) is 5.10 Å². The molecule has 0 aliphatic carbocycles. The zero-order valence-corrected chi connectivity index (χ0v) is 16.0. The Labute approximate surface area is 171 Å². The molecular weight excluding hydrogens is 391 g/mol. The third kappa shape index (κ3) is 4.14. The Morgan fingerprint density at radius 2 is 1.70 bits per heavy atom. The molecule has 154 valence electrons. The lowest BCUT2D eigenvalue weighted by Gasteiger charge is -2.34. The van der Waals surface area contributed by atoms with Crippen LogP contribution in [0.2, 0.25) is 0 Å². The van der Waals surface area contributed by atoms with E-state index < -0.39 is 5.82 Å². The van der Waals surface area contributed by atoms with Crippen LogP contribution in [0.1, 0.15) is 26.6 Å². The summed E-state index contributed by atoms with van der Waals surface area (Å²) in [5, 5.41) is 4.16. The number of carbonyl (C=O) groups excluding carboxylic acids is 2. The van der Waals surface area contributed by atoms with E-state index >= 15 is 0 Å². The number of nitrogens with zero attached hydrogens (tertiary/aromatic N) is 4. The fourth-order valence-electron chi connectivity index (χ4n) is 3.32. The van der Waals surface area contributed by atoms with Gasteiger partial charge in [0.05, 0.1) is 12.8 Å². The van der Waals surface area contributed by atoms with Crippen molar-refractivity contribution in [3.05, 3.63) is 88.0 Å². The highest BCUT2D eigenvalue weighted by molar-refractivity contribution is 5.93. The Morgan fingerprint density at radius 1 is 0.967 bits per heavy atom. The minimum Gasteiger partial charge on any atom is -0.459 e. The van der Waals surface area contributed by atoms with Gasteiger partial charge in [-0.15, -0.1) is 0 Å². The van der Waals surface area contributed by atoms with Gasteiger partial charge in [-0.1, -0.05) is 12.1 Å². The second-order valence-corrected chi connectivity index (χ2v) is 6.91. The van der Waals surface area contributed by atoms with Crippen molar-refractivity contribution >= 4 is 11.8 Å². The predicted octanol–water partition coefficient (Wildman–Crippen LogP) is 1.62. The molecule has 0 saturated carbocycles. The third-order valence-electron chi connectivity index (χ3n) is 4.89. The molecule has 3 heterocycles. The topological polar surface area (TPSA) is 88.7 Å². The molecule has 1 aliphatic rings. The van der Waals surface area contributed by atoms with Crippen LogP contribution >= 0.6 is 0 Å². The second kappa shape index (κ2) is 8.32. The summed E-state index contributed by atoms with van der Waals surface area (Å²) < 4.78 is 19.7. The molecule has 1 fully saturated rings. The lowest BCUT2D eigenvalue weighted by molar-refractivity contribution is 0.0514. The number of halogens is 1. The van der Waals surface area contributed by atoms with Gasteiger partial charge in [-0.05, 0) is 35.9 Å². The quantitative estimate of drug-likeness (QED) is 0.652. The summed E-state index contributed by atoms with van der Waals surface area (Å²) in [7, 11) is 0. The number of benzene rings is 1. The highest BCUT2D eigenvalue weighted by Crippen LogP contribution is 2.11. The van der Waals surface area contributed by atoms with Crippen molar-refractivity contribution in [2.45, 2.75) is 6.54 Å². The van der Waals surface area contributed by atoms with E-state index in [1.54, 1.807) is 34.1 Å². The van der Waals surface area contributed by atoms with Gasteiger partial charge >= 0.3 is 0 Å². The lowest BCUT2D eigenvalue weighted by Crippen LogP contribution is -2.50. The van der Waals surface area contributed by atoms with Crippen molar-refractivity contribution in [2.24, 2.45) is 0 Å². The molecule has 2 amide bonds. The molecule has 1 aliphatic heterocycles. The Morgan fingerprint density at radius 3 is 2.37 bits per heavy atom. The molecule has 0 radical (unpaired) electrons. The molecule has 0 N–H and O–H groups in total. The molecule has 3 aromatic rings. The summed E-state index contributed by atoms with van der Waals surface area (Å²) in [5.74, 6) is -0.683. The van der Waals surface area contributed by atoms with Crippen LogP contribution in [0.5, 0.6) is 0 Å². The van der Waals surface area contributed by atoms with E-state index in [1.165, 1.54) is 30.5 Å². The SMILES string of the molecule is O=C(c1ccc(=O)n(Cc2cccc(F)c2)n1)N1CCN(C(=O)c2ccco2)CC1. The zero-order valence-electron chi connectivity index (χ0n) is 16.0. The van der Waals surface area contributed by atoms with E-state index in [9.17, 15) is 18.8 Å². The van der Waals surface area contributed by atoms with Crippen LogP contribution < -0.4 is 5.56 Å². The molecular formula is C21H19FN4O4. The van der Waals surface area contributed by atoms with E-state index in [4.69, 9.17) is 4.42 Å². The normalized spacial score (nSPS) is 14.0. The van der Waals surface area contributed by atoms with Gasteiger partial charge < -0.3 is 14.2 Å². The van der Waals surface area contributed by atoms with Crippen molar-refractivity contribution in [1.82, 2.24) is 19.6 Å². The maximum Gasteiger partial charge on any atom is 0.289 e. The Balaban J connectivity index is 1.44. The molecule has 4 rings (SSSR count). The molecule has 0 bridgehead atoms. The Hall–Kier alpha value is -3.75. The Bertz CT molecular complexity index is 1120. The van der Waals surface area contributed by atoms with Crippen molar-refractivity contribution in [3.63, 3.8) is 0 Å². The number of aromatic nitrogens is 2. The molecule has 0 spiro atoms. The first-order valence-electron chi connectivity index (χ1n) is 9.46. The largest absolute Gasteiger partial charge is 0.459 e. The Kier molecular flexibility index (Phi) is 5.42. The summed E-state index contributed by atoms with van der Waals surface area (Å²) in [5.41, 5.74) is 0.306. The number of hydrogen-bond acceptors (Lipinski definition) is 5. The van der Waals surface area contributed by atoms with Gasteiger partial charge in [0.15, 0.2) is 5.76 Å². The molecule has 1 aromatic carbocycles. The monoisotopic (exact) mass is 410 g/mol. The van der Waals surface area contributed by atoms with Crippen LogP contribution in [0.25, 0.3) is 0 Å². The number of amides is 2. The maximum atomic E-state index is 13.4. The van der Waals surface area contributed by atoms with Gasteiger partial charge in [0.2, 0.25) is 0 Å². The number of rotatable bonds is 4. The molecule has 8 nitrogen and oxygen atoms in total. The van der Waals surface area contributed by atoms with Crippen molar-refractivity contribution < 1.29 is 18.4 Å². The van der Waals surface area contributed by atoms with Crippen LogP contribution in [0, 0.1) is 5.82 Å². The number of furan rings is 1. The van der Waals surface area contributed by atoms with Crippen LogP contribution in [0.3, 0.4) is 0 Å². The van der Waals surface area contributed by atoms with Crippen LogP contribution in [-0.2, 0) is 6.54 Å². The van der Waals surface area contributed by atoms with Crippen LogP contribution in [0.15, 0.2) is 64.0 Å². The zero-order chi connectivity index (χ0) is 21.1. The van der Waals surface area contributed by atoms with Crippen LogP contribution in [0.4, 0.5) is 4.39 Å². The minimum absolute atomic E-state index is 0.0587. The summed E-state index contributed by atoms with van der Waals surface area (Å²) in [6, 6.07) is 11.8. The van der Waals surface area contributed by atoms with Gasteiger partial charge in [0.25, 0.3) is 17.4 Å². The third-order valence-corrected chi connectivity index (χ3v) is 4.89. The first kappa shape index (κ1) is 19.6. The lowest BCUT2D eigenvalue weighted by atomic mass is 10.2. The molecule has 0 unspecified atom stereocenters.